The van der Waals surface area contributed by atoms with Crippen LogP contribution in [0.2, 0.25) is 0 Å². The maximum Gasteiger partial charge on any atom is 0.227 e. The predicted molar refractivity (Wildman–Crippen MR) is 111 cm³/mol. The normalized spacial score (nSPS) is 14.9. The third kappa shape index (κ3) is 3.97. The molecule has 1 fully saturated rings. The molecular weight excluding hydrogens is 348 g/mol. The van der Waals surface area contributed by atoms with Gasteiger partial charge in [0.2, 0.25) is 5.91 Å². The molecule has 0 aliphatic carbocycles. The van der Waals surface area contributed by atoms with Crippen molar-refractivity contribution in [3.8, 4) is 0 Å². The number of nitrogens with zero attached hydrogens (tertiary/aromatic N) is 2. The van der Waals surface area contributed by atoms with E-state index in [-0.39, 0.29) is 5.91 Å². The quantitative estimate of drug-likeness (QED) is 0.643. The van der Waals surface area contributed by atoms with Crippen LogP contribution in [0.1, 0.15) is 21.5 Å². The molecule has 1 heterocycles. The lowest BCUT2D eigenvalue weighted by Gasteiger charge is -2.35. The number of fused-ring (bicyclic) bond motifs is 1. The molecule has 0 spiro atoms. The number of hydrogen-bond donors (Lipinski definition) is 0. The minimum atomic E-state index is 0.156. The predicted octanol–water partition coefficient (Wildman–Crippen LogP) is 3.54. The Kier molecular flexibility index (Phi) is 5.49. The number of piperazine rings is 1. The van der Waals surface area contributed by atoms with Crippen molar-refractivity contribution in [3.05, 3.63) is 83.4 Å². The van der Waals surface area contributed by atoms with Gasteiger partial charge in [-0.05, 0) is 21.9 Å². The van der Waals surface area contributed by atoms with Crippen LogP contribution in [0.25, 0.3) is 10.8 Å². The first-order valence-electron chi connectivity index (χ1n) is 9.74. The summed E-state index contributed by atoms with van der Waals surface area (Å²) in [6.45, 7) is 4.24. The summed E-state index contributed by atoms with van der Waals surface area (Å²) >= 11 is 0. The molecule has 1 aliphatic rings. The van der Waals surface area contributed by atoms with Gasteiger partial charge in [0.1, 0.15) is 0 Å². The number of carbonyl (C=O) groups is 2. The Labute approximate surface area is 165 Å². The minimum absolute atomic E-state index is 0.156. The van der Waals surface area contributed by atoms with Crippen molar-refractivity contribution >= 4 is 23.0 Å². The van der Waals surface area contributed by atoms with Crippen molar-refractivity contribution in [3.63, 3.8) is 0 Å². The molecule has 1 amide bonds. The Morgan fingerprint density at radius 2 is 1.50 bits per heavy atom. The van der Waals surface area contributed by atoms with Crippen molar-refractivity contribution in [2.45, 2.75) is 13.0 Å². The van der Waals surface area contributed by atoms with E-state index in [1.807, 2.05) is 47.4 Å². The zero-order valence-electron chi connectivity index (χ0n) is 15.9. The Morgan fingerprint density at radius 3 is 2.21 bits per heavy atom. The lowest BCUT2D eigenvalue weighted by Crippen LogP contribution is -2.48. The molecule has 3 aromatic rings. The molecular formula is C24H24N2O2. The maximum atomic E-state index is 12.9. The molecule has 4 heteroatoms. The van der Waals surface area contributed by atoms with Crippen molar-refractivity contribution in [2.75, 3.05) is 26.2 Å². The molecule has 0 aromatic heterocycles. The van der Waals surface area contributed by atoms with E-state index in [9.17, 15) is 9.59 Å². The van der Waals surface area contributed by atoms with Crippen LogP contribution in [-0.4, -0.2) is 48.2 Å². The maximum absolute atomic E-state index is 12.9. The number of hydrogen-bond acceptors (Lipinski definition) is 3. The van der Waals surface area contributed by atoms with Crippen LogP contribution in [0.15, 0.2) is 66.7 Å². The molecule has 1 aliphatic heterocycles. The number of benzene rings is 3. The van der Waals surface area contributed by atoms with Crippen LogP contribution < -0.4 is 0 Å². The van der Waals surface area contributed by atoms with E-state index in [0.29, 0.717) is 12.0 Å². The highest BCUT2D eigenvalue weighted by Gasteiger charge is 2.21. The van der Waals surface area contributed by atoms with E-state index >= 15 is 0 Å². The average molecular weight is 372 g/mol. The standard InChI is InChI=1S/C24H24N2O2/c27-18-21-11-10-20(22-8-4-5-9-23(21)22)16-24(28)26-14-12-25(13-15-26)17-19-6-2-1-3-7-19/h1-11,18H,12-17H2. The number of rotatable bonds is 5. The second kappa shape index (κ2) is 8.36. The molecule has 28 heavy (non-hydrogen) atoms. The van der Waals surface area contributed by atoms with Crippen molar-refractivity contribution in [1.82, 2.24) is 9.80 Å². The molecule has 3 aromatic carbocycles. The zero-order chi connectivity index (χ0) is 19.3. The second-order valence-corrected chi connectivity index (χ2v) is 7.30. The number of amides is 1. The average Bonchev–Trinajstić information content (AvgIpc) is 2.75. The van der Waals surface area contributed by atoms with Gasteiger partial charge in [0, 0.05) is 38.3 Å². The monoisotopic (exact) mass is 372 g/mol. The van der Waals surface area contributed by atoms with Crippen LogP contribution in [0.4, 0.5) is 0 Å². The van der Waals surface area contributed by atoms with Gasteiger partial charge < -0.3 is 4.90 Å². The molecule has 0 saturated carbocycles. The van der Waals surface area contributed by atoms with Gasteiger partial charge in [-0.1, -0.05) is 66.7 Å². The molecule has 4 rings (SSSR count). The topological polar surface area (TPSA) is 40.6 Å². The molecule has 142 valence electrons. The first-order chi connectivity index (χ1) is 13.7. The fourth-order valence-electron chi connectivity index (χ4n) is 3.91. The summed E-state index contributed by atoms with van der Waals surface area (Å²) in [5, 5.41) is 1.90. The highest BCUT2D eigenvalue weighted by Crippen LogP contribution is 2.23. The Balaban J connectivity index is 1.40. The van der Waals surface area contributed by atoms with Gasteiger partial charge >= 0.3 is 0 Å². The fraction of sp³-hybridized carbons (Fsp3) is 0.250. The van der Waals surface area contributed by atoms with Crippen LogP contribution >= 0.6 is 0 Å². The van der Waals surface area contributed by atoms with E-state index in [2.05, 4.69) is 29.2 Å². The van der Waals surface area contributed by atoms with Crippen molar-refractivity contribution < 1.29 is 9.59 Å². The van der Waals surface area contributed by atoms with Gasteiger partial charge in [-0.15, -0.1) is 0 Å². The lowest BCUT2D eigenvalue weighted by molar-refractivity contribution is -0.132. The van der Waals surface area contributed by atoms with Gasteiger partial charge in [0.05, 0.1) is 6.42 Å². The summed E-state index contributed by atoms with van der Waals surface area (Å²) in [6.07, 6.45) is 1.25. The fourth-order valence-corrected chi connectivity index (χ4v) is 3.91. The van der Waals surface area contributed by atoms with Crippen molar-refractivity contribution in [2.24, 2.45) is 0 Å². The summed E-state index contributed by atoms with van der Waals surface area (Å²) in [5.41, 5.74) is 2.96. The highest BCUT2D eigenvalue weighted by molar-refractivity contribution is 6.00. The molecule has 0 N–H and O–H groups in total. The number of aldehydes is 1. The second-order valence-electron chi connectivity index (χ2n) is 7.30. The largest absolute Gasteiger partial charge is 0.340 e. The third-order valence-electron chi connectivity index (χ3n) is 5.49. The van der Waals surface area contributed by atoms with Gasteiger partial charge in [0.25, 0.3) is 0 Å². The molecule has 0 radical (unpaired) electrons. The van der Waals surface area contributed by atoms with Gasteiger partial charge in [-0.3, -0.25) is 14.5 Å². The van der Waals surface area contributed by atoms with E-state index in [4.69, 9.17) is 0 Å². The zero-order valence-corrected chi connectivity index (χ0v) is 15.9. The van der Waals surface area contributed by atoms with Gasteiger partial charge in [-0.25, -0.2) is 0 Å². The Bertz CT molecular complexity index is 976. The Hall–Kier alpha value is -2.98. The van der Waals surface area contributed by atoms with Gasteiger partial charge in [-0.2, -0.15) is 0 Å². The van der Waals surface area contributed by atoms with E-state index < -0.39 is 0 Å². The highest BCUT2D eigenvalue weighted by atomic mass is 16.2. The van der Waals surface area contributed by atoms with E-state index in [1.54, 1.807) is 0 Å². The van der Waals surface area contributed by atoms with Crippen LogP contribution in [0.3, 0.4) is 0 Å². The van der Waals surface area contributed by atoms with Crippen molar-refractivity contribution in [1.29, 1.82) is 0 Å². The lowest BCUT2D eigenvalue weighted by atomic mass is 9.98. The first-order valence-corrected chi connectivity index (χ1v) is 9.74. The smallest absolute Gasteiger partial charge is 0.227 e. The van der Waals surface area contributed by atoms with Crippen LogP contribution in [0.5, 0.6) is 0 Å². The third-order valence-corrected chi connectivity index (χ3v) is 5.49. The number of carbonyl (C=O) groups excluding carboxylic acids is 2. The van der Waals surface area contributed by atoms with Crippen LogP contribution in [-0.2, 0) is 17.8 Å². The SMILES string of the molecule is O=Cc1ccc(CC(=O)N2CCN(Cc3ccccc3)CC2)c2ccccc12. The van der Waals surface area contributed by atoms with E-state index in [1.165, 1.54) is 5.56 Å². The molecule has 0 bridgehead atoms. The van der Waals surface area contributed by atoms with Crippen LogP contribution in [0, 0.1) is 0 Å². The minimum Gasteiger partial charge on any atom is -0.340 e. The molecule has 0 atom stereocenters. The summed E-state index contributed by atoms with van der Waals surface area (Å²) in [7, 11) is 0. The first kappa shape index (κ1) is 18.4. The summed E-state index contributed by atoms with van der Waals surface area (Å²) < 4.78 is 0. The molecule has 1 saturated heterocycles. The summed E-state index contributed by atoms with van der Waals surface area (Å²) in [6, 6.07) is 22.0. The molecule has 0 unspecified atom stereocenters. The van der Waals surface area contributed by atoms with E-state index in [0.717, 1.165) is 55.3 Å². The summed E-state index contributed by atoms with van der Waals surface area (Å²) in [5.74, 6) is 0.156. The molecule has 4 nitrogen and oxygen atoms in total. The summed E-state index contributed by atoms with van der Waals surface area (Å²) in [4.78, 5) is 28.5. The van der Waals surface area contributed by atoms with Gasteiger partial charge in [0.15, 0.2) is 6.29 Å². The Morgan fingerprint density at radius 1 is 0.821 bits per heavy atom.